The summed E-state index contributed by atoms with van der Waals surface area (Å²) in [5, 5.41) is 3.37. The lowest BCUT2D eigenvalue weighted by Gasteiger charge is -2.37. The lowest BCUT2D eigenvalue weighted by atomic mass is 9.90. The first-order valence-corrected chi connectivity index (χ1v) is 7.12. The standard InChI is InChI=1S/C16H25NO2/c1-6-11(2)18-12-7-8-15-13(9-12)14(17-5)10-16(3,4)19-15/h7-9,11,14,17H,6,10H2,1-5H3. The number of rotatable bonds is 4. The molecule has 2 rings (SSSR count). The van der Waals surface area contributed by atoms with E-state index in [-0.39, 0.29) is 11.7 Å². The zero-order valence-corrected chi connectivity index (χ0v) is 12.6. The fraction of sp³-hybridized carbons (Fsp3) is 0.625. The van der Waals surface area contributed by atoms with Gasteiger partial charge in [0.25, 0.3) is 0 Å². The van der Waals surface area contributed by atoms with E-state index in [1.54, 1.807) is 0 Å². The van der Waals surface area contributed by atoms with Crippen molar-refractivity contribution in [1.29, 1.82) is 0 Å². The van der Waals surface area contributed by atoms with Gasteiger partial charge in [0.1, 0.15) is 17.1 Å². The summed E-state index contributed by atoms with van der Waals surface area (Å²) in [5.41, 5.74) is 1.07. The summed E-state index contributed by atoms with van der Waals surface area (Å²) in [6.45, 7) is 8.48. The summed E-state index contributed by atoms with van der Waals surface area (Å²) in [7, 11) is 2.00. The number of hydrogen-bond donors (Lipinski definition) is 1. The van der Waals surface area contributed by atoms with Crippen molar-refractivity contribution in [2.24, 2.45) is 0 Å². The van der Waals surface area contributed by atoms with Crippen LogP contribution in [0.5, 0.6) is 11.5 Å². The molecule has 2 atom stereocenters. The summed E-state index contributed by atoms with van der Waals surface area (Å²) in [6.07, 6.45) is 2.21. The van der Waals surface area contributed by atoms with Crippen LogP contribution in [0.1, 0.15) is 52.1 Å². The molecule has 2 unspecified atom stereocenters. The normalized spacial score (nSPS) is 22.3. The van der Waals surface area contributed by atoms with E-state index in [1.165, 1.54) is 5.56 Å². The Morgan fingerprint density at radius 2 is 2.21 bits per heavy atom. The predicted molar refractivity (Wildman–Crippen MR) is 77.9 cm³/mol. The molecule has 1 aliphatic heterocycles. The van der Waals surface area contributed by atoms with Crippen molar-refractivity contribution in [2.45, 2.75) is 58.3 Å². The molecule has 1 heterocycles. The minimum absolute atomic E-state index is 0.125. The van der Waals surface area contributed by atoms with E-state index in [9.17, 15) is 0 Å². The highest BCUT2D eigenvalue weighted by molar-refractivity contribution is 5.44. The maximum absolute atomic E-state index is 6.04. The molecule has 106 valence electrons. The second kappa shape index (κ2) is 5.41. The van der Waals surface area contributed by atoms with Crippen molar-refractivity contribution in [1.82, 2.24) is 5.32 Å². The Balaban J connectivity index is 2.28. The lowest BCUT2D eigenvalue weighted by molar-refractivity contribution is 0.0671. The summed E-state index contributed by atoms with van der Waals surface area (Å²) in [6, 6.07) is 6.45. The van der Waals surface area contributed by atoms with Gasteiger partial charge in [-0.1, -0.05) is 6.92 Å². The highest BCUT2D eigenvalue weighted by Crippen LogP contribution is 2.41. The van der Waals surface area contributed by atoms with E-state index < -0.39 is 0 Å². The molecule has 1 aromatic carbocycles. The molecule has 1 N–H and O–H groups in total. The summed E-state index contributed by atoms with van der Waals surface area (Å²) >= 11 is 0. The Morgan fingerprint density at radius 1 is 1.47 bits per heavy atom. The van der Waals surface area contributed by atoms with Gasteiger partial charge in [-0.2, -0.15) is 0 Å². The van der Waals surface area contributed by atoms with Crippen LogP contribution in [0.2, 0.25) is 0 Å². The van der Waals surface area contributed by atoms with Crippen molar-refractivity contribution in [3.8, 4) is 11.5 Å². The van der Waals surface area contributed by atoms with Crippen LogP contribution in [0, 0.1) is 0 Å². The van der Waals surface area contributed by atoms with Crippen molar-refractivity contribution in [3.05, 3.63) is 23.8 Å². The molecule has 0 radical (unpaired) electrons. The van der Waals surface area contributed by atoms with Gasteiger partial charge >= 0.3 is 0 Å². The minimum atomic E-state index is -0.125. The van der Waals surface area contributed by atoms with Crippen molar-refractivity contribution >= 4 is 0 Å². The highest BCUT2D eigenvalue weighted by atomic mass is 16.5. The molecular weight excluding hydrogens is 238 g/mol. The molecule has 0 saturated carbocycles. The Labute approximate surface area is 116 Å². The van der Waals surface area contributed by atoms with Gasteiger partial charge in [0, 0.05) is 18.0 Å². The molecule has 1 aliphatic rings. The first-order chi connectivity index (χ1) is 8.95. The van der Waals surface area contributed by atoms with Crippen LogP contribution >= 0.6 is 0 Å². The van der Waals surface area contributed by atoms with E-state index in [0.717, 1.165) is 24.3 Å². The quantitative estimate of drug-likeness (QED) is 0.898. The largest absolute Gasteiger partial charge is 0.491 e. The van der Waals surface area contributed by atoms with Gasteiger partial charge in [0.2, 0.25) is 0 Å². The van der Waals surface area contributed by atoms with E-state index in [2.05, 4.69) is 39.1 Å². The van der Waals surface area contributed by atoms with E-state index >= 15 is 0 Å². The smallest absolute Gasteiger partial charge is 0.125 e. The van der Waals surface area contributed by atoms with Crippen LogP contribution in [0.3, 0.4) is 0 Å². The van der Waals surface area contributed by atoms with Gasteiger partial charge in [-0.15, -0.1) is 0 Å². The van der Waals surface area contributed by atoms with Crippen molar-refractivity contribution < 1.29 is 9.47 Å². The zero-order valence-electron chi connectivity index (χ0n) is 12.6. The highest BCUT2D eigenvalue weighted by Gasteiger charge is 2.33. The van der Waals surface area contributed by atoms with Crippen LogP contribution in [-0.2, 0) is 0 Å². The van der Waals surface area contributed by atoms with Crippen LogP contribution in [0.25, 0.3) is 0 Å². The molecule has 0 aromatic heterocycles. The van der Waals surface area contributed by atoms with Gasteiger partial charge in [-0.05, 0) is 52.4 Å². The molecule has 0 fully saturated rings. The Morgan fingerprint density at radius 3 is 2.84 bits per heavy atom. The summed E-state index contributed by atoms with van der Waals surface area (Å²) < 4.78 is 11.9. The second-order valence-electron chi connectivity index (χ2n) is 5.94. The average Bonchev–Trinajstić information content (AvgIpc) is 2.37. The maximum Gasteiger partial charge on any atom is 0.125 e. The number of fused-ring (bicyclic) bond motifs is 1. The number of hydrogen-bond acceptors (Lipinski definition) is 3. The molecule has 0 aliphatic carbocycles. The second-order valence-corrected chi connectivity index (χ2v) is 5.94. The third-order valence-electron chi connectivity index (χ3n) is 3.70. The topological polar surface area (TPSA) is 30.5 Å². The predicted octanol–water partition coefficient (Wildman–Crippen LogP) is 3.69. The summed E-state index contributed by atoms with van der Waals surface area (Å²) in [5.74, 6) is 1.89. The molecule has 3 heteroatoms. The fourth-order valence-corrected chi connectivity index (χ4v) is 2.48. The number of nitrogens with one attached hydrogen (secondary N) is 1. The van der Waals surface area contributed by atoms with Gasteiger partial charge < -0.3 is 14.8 Å². The summed E-state index contributed by atoms with van der Waals surface area (Å²) in [4.78, 5) is 0. The monoisotopic (exact) mass is 263 g/mol. The molecule has 1 aromatic rings. The average molecular weight is 263 g/mol. The third-order valence-corrected chi connectivity index (χ3v) is 3.70. The maximum atomic E-state index is 6.04. The van der Waals surface area contributed by atoms with Crippen molar-refractivity contribution in [2.75, 3.05) is 7.05 Å². The van der Waals surface area contributed by atoms with Crippen molar-refractivity contribution in [3.63, 3.8) is 0 Å². The molecule has 3 nitrogen and oxygen atoms in total. The molecule has 19 heavy (non-hydrogen) atoms. The first-order valence-electron chi connectivity index (χ1n) is 7.12. The molecular formula is C16H25NO2. The van der Waals surface area contributed by atoms with E-state index in [0.29, 0.717) is 6.04 Å². The molecule has 0 bridgehead atoms. The van der Waals surface area contributed by atoms with E-state index in [4.69, 9.17) is 9.47 Å². The van der Waals surface area contributed by atoms with Gasteiger partial charge in [0.15, 0.2) is 0 Å². The molecule has 0 saturated heterocycles. The zero-order chi connectivity index (χ0) is 14.0. The van der Waals surface area contributed by atoms with Crippen LogP contribution in [-0.4, -0.2) is 18.8 Å². The Kier molecular flexibility index (Phi) is 4.04. The first kappa shape index (κ1) is 14.2. The fourth-order valence-electron chi connectivity index (χ4n) is 2.48. The molecule has 0 spiro atoms. The lowest BCUT2D eigenvalue weighted by Crippen LogP contribution is -2.38. The van der Waals surface area contributed by atoms with Crippen LogP contribution in [0.15, 0.2) is 18.2 Å². The third kappa shape index (κ3) is 3.21. The Bertz CT molecular complexity index is 442. The minimum Gasteiger partial charge on any atom is -0.491 e. The van der Waals surface area contributed by atoms with Gasteiger partial charge in [-0.3, -0.25) is 0 Å². The number of ether oxygens (including phenoxy) is 2. The van der Waals surface area contributed by atoms with Crippen LogP contribution < -0.4 is 14.8 Å². The Hall–Kier alpha value is -1.22. The van der Waals surface area contributed by atoms with Crippen LogP contribution in [0.4, 0.5) is 0 Å². The van der Waals surface area contributed by atoms with E-state index in [1.807, 2.05) is 19.2 Å². The molecule has 0 amide bonds. The SMILES string of the molecule is CCC(C)Oc1ccc2c(c1)C(NC)CC(C)(C)O2. The number of benzene rings is 1. The van der Waals surface area contributed by atoms with Gasteiger partial charge in [0.05, 0.1) is 6.10 Å². The van der Waals surface area contributed by atoms with Gasteiger partial charge in [-0.25, -0.2) is 0 Å².